The molecule has 1 aliphatic carbocycles. The molecule has 14 heteroatoms. The van der Waals surface area contributed by atoms with Crippen LogP contribution in [0, 0.1) is 0 Å². The van der Waals surface area contributed by atoms with Gasteiger partial charge in [0, 0.05) is 12.8 Å². The molecule has 1 rings (SSSR count). The lowest BCUT2D eigenvalue weighted by Crippen LogP contribution is -2.64. The quantitative estimate of drug-likeness (QED) is 0.0164. The van der Waals surface area contributed by atoms with Gasteiger partial charge in [0.15, 0.2) is 6.10 Å². The number of phosphoric ester groups is 1. The van der Waals surface area contributed by atoms with Gasteiger partial charge in [0.25, 0.3) is 0 Å². The Morgan fingerprint density at radius 3 is 1.43 bits per heavy atom. The Labute approximate surface area is 324 Å². The molecule has 54 heavy (non-hydrogen) atoms. The zero-order valence-electron chi connectivity index (χ0n) is 33.1. The minimum Gasteiger partial charge on any atom is -0.462 e. The lowest BCUT2D eigenvalue weighted by Gasteiger charge is -2.41. The largest absolute Gasteiger partial charge is 0.472 e. The Kier molecular flexibility index (Phi) is 29.7. The molecule has 0 aromatic rings. The second-order valence-electron chi connectivity index (χ2n) is 14.9. The van der Waals surface area contributed by atoms with Crippen LogP contribution in [-0.2, 0) is 32.7 Å². The van der Waals surface area contributed by atoms with E-state index < -0.39 is 75.7 Å². The summed E-state index contributed by atoms with van der Waals surface area (Å²) in [6, 6.07) is 0. The first-order valence-electron chi connectivity index (χ1n) is 21.0. The Hall–Kier alpha value is -1.41. The van der Waals surface area contributed by atoms with E-state index in [1.165, 1.54) is 89.9 Å². The molecule has 0 spiro atoms. The van der Waals surface area contributed by atoms with Crippen molar-refractivity contribution in [3.8, 4) is 0 Å². The summed E-state index contributed by atoms with van der Waals surface area (Å²) in [7, 11) is -5.10. The fourth-order valence-corrected chi connectivity index (χ4v) is 7.53. The number of hydrogen-bond donors (Lipinski definition) is 6. The highest BCUT2D eigenvalue weighted by atomic mass is 31.2. The van der Waals surface area contributed by atoms with Crippen LogP contribution in [0.1, 0.15) is 174 Å². The van der Waals surface area contributed by atoms with Gasteiger partial charge in [-0.3, -0.25) is 18.6 Å². The van der Waals surface area contributed by atoms with Gasteiger partial charge in [0.2, 0.25) is 0 Å². The third kappa shape index (κ3) is 24.3. The third-order valence-electron chi connectivity index (χ3n) is 10.0. The van der Waals surface area contributed by atoms with E-state index in [9.17, 15) is 44.6 Å². The van der Waals surface area contributed by atoms with Crippen LogP contribution >= 0.6 is 7.82 Å². The number of aliphatic hydroxyl groups is 5. The highest BCUT2D eigenvalue weighted by molar-refractivity contribution is 7.47. The molecule has 13 nitrogen and oxygen atoms in total. The number of carbonyl (C=O) groups excluding carboxylic acids is 2. The van der Waals surface area contributed by atoms with Crippen molar-refractivity contribution in [2.45, 2.75) is 217 Å². The molecule has 8 atom stereocenters. The zero-order chi connectivity index (χ0) is 40.0. The zero-order valence-corrected chi connectivity index (χ0v) is 34.0. The van der Waals surface area contributed by atoms with Gasteiger partial charge in [-0.05, 0) is 25.7 Å². The van der Waals surface area contributed by atoms with Crippen molar-refractivity contribution < 1.29 is 63.1 Å². The summed E-state index contributed by atoms with van der Waals surface area (Å²) in [4.78, 5) is 35.5. The number of carbonyl (C=O) groups is 2. The number of rotatable bonds is 35. The molecule has 1 aliphatic rings. The number of allylic oxidation sites excluding steroid dienone is 1. The molecule has 0 aromatic heterocycles. The van der Waals surface area contributed by atoms with Gasteiger partial charge >= 0.3 is 19.8 Å². The highest BCUT2D eigenvalue weighted by Gasteiger charge is 2.51. The van der Waals surface area contributed by atoms with Gasteiger partial charge in [-0.2, -0.15) is 0 Å². The molecule has 318 valence electrons. The summed E-state index contributed by atoms with van der Waals surface area (Å²) in [6.07, 6.45) is 16.1. The third-order valence-corrected chi connectivity index (χ3v) is 11.0. The van der Waals surface area contributed by atoms with E-state index in [0.29, 0.717) is 12.8 Å². The van der Waals surface area contributed by atoms with Gasteiger partial charge in [-0.1, -0.05) is 141 Å². The lowest BCUT2D eigenvalue weighted by molar-refractivity contribution is -0.220. The number of unbranched alkanes of at least 4 members (excludes halogenated alkanes) is 22. The van der Waals surface area contributed by atoms with Crippen LogP contribution in [0.15, 0.2) is 12.7 Å². The van der Waals surface area contributed by atoms with Gasteiger partial charge in [-0.25, -0.2) is 4.57 Å². The topological polar surface area (TPSA) is 210 Å². The van der Waals surface area contributed by atoms with Gasteiger partial charge in [0.1, 0.15) is 43.2 Å². The molecule has 0 saturated heterocycles. The van der Waals surface area contributed by atoms with Crippen molar-refractivity contribution in [1.29, 1.82) is 0 Å². The number of ether oxygens (including phenoxy) is 2. The molecule has 0 aromatic carbocycles. The van der Waals surface area contributed by atoms with Crippen molar-refractivity contribution in [1.82, 2.24) is 0 Å². The Bertz CT molecular complexity index is 998. The second-order valence-corrected chi connectivity index (χ2v) is 16.3. The van der Waals surface area contributed by atoms with Crippen molar-refractivity contribution in [3.05, 3.63) is 12.7 Å². The fraction of sp³-hybridized carbons (Fsp3) is 0.900. The molecule has 1 saturated carbocycles. The van der Waals surface area contributed by atoms with Crippen molar-refractivity contribution in [2.75, 3.05) is 13.2 Å². The van der Waals surface area contributed by atoms with E-state index >= 15 is 0 Å². The maximum Gasteiger partial charge on any atom is 0.472 e. The minimum atomic E-state index is -5.10. The number of aliphatic hydroxyl groups excluding tert-OH is 5. The van der Waals surface area contributed by atoms with Crippen LogP contribution in [0.2, 0.25) is 0 Å². The average Bonchev–Trinajstić information content (AvgIpc) is 3.15. The Morgan fingerprint density at radius 1 is 0.593 bits per heavy atom. The van der Waals surface area contributed by atoms with E-state index in [-0.39, 0.29) is 12.8 Å². The van der Waals surface area contributed by atoms with E-state index in [1.807, 2.05) is 6.08 Å². The maximum absolute atomic E-state index is 12.7. The predicted octanol–water partition coefficient (Wildman–Crippen LogP) is 7.11. The summed E-state index contributed by atoms with van der Waals surface area (Å²) >= 11 is 0. The van der Waals surface area contributed by atoms with Crippen LogP contribution in [0.3, 0.4) is 0 Å². The fourth-order valence-electron chi connectivity index (χ4n) is 6.56. The first kappa shape index (κ1) is 50.6. The standard InChI is InChI=1S/C40H75O13P/c1-3-5-7-9-11-13-15-16-17-18-19-21-22-24-26-28-33(41)50-30-32(52-34(42)29-27-25-23-20-14-12-10-8-6-4-2)31-51-54(48,49)53-40-38(46)36(44)35(43)37(45)39(40)47/h3,32,35-40,43-47H,1,4-31H2,2H3,(H,48,49)/t32-,35?,36-,37?,38?,39?,40?/m1/s1. The number of hydrogen-bond acceptors (Lipinski definition) is 12. The maximum atomic E-state index is 12.7. The van der Waals surface area contributed by atoms with Gasteiger partial charge < -0.3 is 39.9 Å². The first-order chi connectivity index (χ1) is 25.9. The lowest BCUT2D eigenvalue weighted by atomic mass is 9.85. The molecule has 0 radical (unpaired) electrons. The molecule has 0 aliphatic heterocycles. The van der Waals surface area contributed by atoms with Crippen LogP contribution < -0.4 is 0 Å². The smallest absolute Gasteiger partial charge is 0.462 e. The van der Waals surface area contributed by atoms with Crippen molar-refractivity contribution in [3.63, 3.8) is 0 Å². The minimum absolute atomic E-state index is 0.100. The van der Waals surface area contributed by atoms with Crippen LogP contribution in [0.25, 0.3) is 0 Å². The summed E-state index contributed by atoms with van der Waals surface area (Å²) < 4.78 is 33.4. The molecule has 6 N–H and O–H groups in total. The van der Waals surface area contributed by atoms with Crippen molar-refractivity contribution in [2.24, 2.45) is 0 Å². The summed E-state index contributed by atoms with van der Waals surface area (Å²) in [5.74, 6) is -1.10. The summed E-state index contributed by atoms with van der Waals surface area (Å²) in [5.41, 5.74) is 0. The second kappa shape index (κ2) is 31.6. The van der Waals surface area contributed by atoms with Crippen LogP contribution in [0.5, 0.6) is 0 Å². The molecular weight excluding hydrogens is 719 g/mol. The van der Waals surface area contributed by atoms with Crippen molar-refractivity contribution >= 4 is 19.8 Å². The van der Waals surface area contributed by atoms with Crippen LogP contribution in [0.4, 0.5) is 0 Å². The molecule has 1 fully saturated rings. The SMILES string of the molecule is C=CCCCCCCCCCCCCCCCC(=O)OC[C@H](COP(=O)(O)OC1C(O)C(O)C(O)[C@@H](O)C1O)OC(=O)CCCCCCCCCCCC. The summed E-state index contributed by atoms with van der Waals surface area (Å²) in [6.45, 7) is 4.79. The molecule has 6 unspecified atom stereocenters. The Balaban J connectivity index is 2.47. The molecule has 0 amide bonds. The van der Waals surface area contributed by atoms with E-state index in [0.717, 1.165) is 51.4 Å². The van der Waals surface area contributed by atoms with Crippen LogP contribution in [-0.4, -0.2) is 98.3 Å². The average molecular weight is 795 g/mol. The molecule has 0 bridgehead atoms. The van der Waals surface area contributed by atoms with Gasteiger partial charge in [0.05, 0.1) is 6.61 Å². The van der Waals surface area contributed by atoms with E-state index in [1.54, 1.807) is 0 Å². The van der Waals surface area contributed by atoms with E-state index in [2.05, 4.69) is 13.5 Å². The first-order valence-corrected chi connectivity index (χ1v) is 22.4. The number of phosphoric acid groups is 1. The normalized spacial score (nSPS) is 23.1. The monoisotopic (exact) mass is 794 g/mol. The molecule has 0 heterocycles. The predicted molar refractivity (Wildman–Crippen MR) is 207 cm³/mol. The Morgan fingerprint density at radius 2 is 0.981 bits per heavy atom. The highest BCUT2D eigenvalue weighted by Crippen LogP contribution is 2.47. The summed E-state index contributed by atoms with van der Waals surface area (Å²) in [5, 5.41) is 50.0. The molecular formula is C40H75O13P. The van der Waals surface area contributed by atoms with E-state index in [4.69, 9.17) is 18.5 Å². The van der Waals surface area contributed by atoms with Gasteiger partial charge in [-0.15, -0.1) is 6.58 Å². The number of esters is 2.